The van der Waals surface area contributed by atoms with Crippen LogP contribution in [0.3, 0.4) is 0 Å². The summed E-state index contributed by atoms with van der Waals surface area (Å²) < 4.78 is 0. The second kappa shape index (κ2) is 7.93. The van der Waals surface area contributed by atoms with E-state index in [2.05, 4.69) is 43.1 Å². The van der Waals surface area contributed by atoms with Crippen molar-refractivity contribution in [1.29, 1.82) is 0 Å². The molecule has 1 amide bonds. The Bertz CT molecular complexity index is 673. The molecule has 0 saturated heterocycles. The summed E-state index contributed by atoms with van der Waals surface area (Å²) in [6.45, 7) is 6.09. The Hall–Kier alpha value is -1.68. The first kappa shape index (κ1) is 17.2. The van der Waals surface area contributed by atoms with Crippen molar-refractivity contribution >= 4 is 17.2 Å². The van der Waals surface area contributed by atoms with Gasteiger partial charge < -0.3 is 4.90 Å². The quantitative estimate of drug-likeness (QED) is 0.704. The fourth-order valence-corrected chi connectivity index (χ4v) is 3.70. The van der Waals surface area contributed by atoms with Crippen molar-refractivity contribution in [2.45, 2.75) is 46.0 Å². The van der Waals surface area contributed by atoms with Gasteiger partial charge in [-0.15, -0.1) is 11.3 Å². The second-order valence-electron chi connectivity index (χ2n) is 6.65. The molecule has 1 aromatic heterocycles. The Kier molecular flexibility index (Phi) is 5.67. The van der Waals surface area contributed by atoms with Crippen LogP contribution < -0.4 is 0 Å². The van der Waals surface area contributed by atoms with E-state index in [1.807, 2.05) is 10.3 Å². The Balaban J connectivity index is 1.64. The standard InChI is InChI=1S/C20H26N2OS/c1-3-11-22(13-16-5-6-16)19(23)12-18-14-24-20(21-18)17-9-7-15(4-2)8-10-17/h7-10,14,16H,3-6,11-13H2,1-2H3. The van der Waals surface area contributed by atoms with Crippen LogP contribution in [0.25, 0.3) is 10.6 Å². The van der Waals surface area contributed by atoms with Gasteiger partial charge in [-0.1, -0.05) is 38.1 Å². The maximum Gasteiger partial charge on any atom is 0.228 e. The number of hydrogen-bond donors (Lipinski definition) is 0. The number of benzene rings is 1. The molecule has 0 unspecified atom stereocenters. The largest absolute Gasteiger partial charge is 0.342 e. The van der Waals surface area contributed by atoms with Gasteiger partial charge in [0.1, 0.15) is 5.01 Å². The zero-order valence-electron chi connectivity index (χ0n) is 14.6. The van der Waals surface area contributed by atoms with Crippen LogP contribution in [0.15, 0.2) is 29.6 Å². The highest BCUT2D eigenvalue weighted by Gasteiger charge is 2.26. The predicted octanol–water partition coefficient (Wildman–Crippen LogP) is 4.56. The summed E-state index contributed by atoms with van der Waals surface area (Å²) in [6.07, 6.45) is 5.05. The molecule has 1 aromatic carbocycles. The molecule has 3 rings (SSSR count). The molecule has 4 heteroatoms. The zero-order valence-corrected chi connectivity index (χ0v) is 15.4. The maximum absolute atomic E-state index is 12.6. The molecule has 0 N–H and O–H groups in total. The minimum atomic E-state index is 0.224. The van der Waals surface area contributed by atoms with Crippen LogP contribution in [-0.2, 0) is 17.6 Å². The molecule has 3 nitrogen and oxygen atoms in total. The van der Waals surface area contributed by atoms with Crippen molar-refractivity contribution in [1.82, 2.24) is 9.88 Å². The summed E-state index contributed by atoms with van der Waals surface area (Å²) in [5.41, 5.74) is 3.37. The molecule has 1 aliphatic carbocycles. The van der Waals surface area contributed by atoms with Crippen molar-refractivity contribution in [2.75, 3.05) is 13.1 Å². The third-order valence-corrected chi connectivity index (χ3v) is 5.46. The van der Waals surface area contributed by atoms with Crippen molar-refractivity contribution < 1.29 is 4.79 Å². The van der Waals surface area contributed by atoms with E-state index in [0.29, 0.717) is 6.42 Å². The van der Waals surface area contributed by atoms with Gasteiger partial charge in [0.25, 0.3) is 0 Å². The van der Waals surface area contributed by atoms with Gasteiger partial charge in [0.05, 0.1) is 12.1 Å². The average Bonchev–Trinajstić information content (AvgIpc) is 3.30. The van der Waals surface area contributed by atoms with Crippen molar-refractivity contribution in [3.05, 3.63) is 40.9 Å². The summed E-state index contributed by atoms with van der Waals surface area (Å²) in [7, 11) is 0. The van der Waals surface area contributed by atoms with Crippen molar-refractivity contribution in [2.24, 2.45) is 5.92 Å². The highest BCUT2D eigenvalue weighted by atomic mass is 32.1. The van der Waals surface area contributed by atoms with E-state index < -0.39 is 0 Å². The smallest absolute Gasteiger partial charge is 0.228 e. The molecule has 1 fully saturated rings. The molecule has 0 radical (unpaired) electrons. The fourth-order valence-electron chi connectivity index (χ4n) is 2.87. The fraction of sp³-hybridized carbons (Fsp3) is 0.500. The van der Waals surface area contributed by atoms with Crippen LogP contribution in [0.2, 0.25) is 0 Å². The Labute approximate surface area is 148 Å². The summed E-state index contributed by atoms with van der Waals surface area (Å²) in [4.78, 5) is 19.3. The molecule has 1 heterocycles. The lowest BCUT2D eigenvalue weighted by Gasteiger charge is -2.21. The van der Waals surface area contributed by atoms with E-state index in [9.17, 15) is 4.79 Å². The lowest BCUT2D eigenvalue weighted by atomic mass is 10.1. The Morgan fingerprint density at radius 3 is 2.62 bits per heavy atom. The molecule has 0 aliphatic heterocycles. The van der Waals surface area contributed by atoms with Crippen LogP contribution in [0, 0.1) is 5.92 Å². The molecule has 0 bridgehead atoms. The average molecular weight is 343 g/mol. The van der Waals surface area contributed by atoms with E-state index >= 15 is 0 Å². The Morgan fingerprint density at radius 1 is 1.25 bits per heavy atom. The molecule has 1 aliphatic rings. The number of carbonyl (C=O) groups is 1. The lowest BCUT2D eigenvalue weighted by Crippen LogP contribution is -2.34. The number of aryl methyl sites for hydroxylation is 1. The molecule has 0 spiro atoms. The van der Waals surface area contributed by atoms with Crippen LogP contribution in [0.4, 0.5) is 0 Å². The van der Waals surface area contributed by atoms with Crippen LogP contribution >= 0.6 is 11.3 Å². The number of amides is 1. The summed E-state index contributed by atoms with van der Waals surface area (Å²) >= 11 is 1.63. The predicted molar refractivity (Wildman–Crippen MR) is 100 cm³/mol. The summed E-state index contributed by atoms with van der Waals surface area (Å²) in [6, 6.07) is 8.56. The molecule has 24 heavy (non-hydrogen) atoms. The molecule has 2 aromatic rings. The topological polar surface area (TPSA) is 33.2 Å². The van der Waals surface area contributed by atoms with Crippen LogP contribution in [-0.4, -0.2) is 28.9 Å². The van der Waals surface area contributed by atoms with E-state index in [1.54, 1.807) is 11.3 Å². The van der Waals surface area contributed by atoms with Gasteiger partial charge >= 0.3 is 0 Å². The van der Waals surface area contributed by atoms with E-state index in [-0.39, 0.29) is 5.91 Å². The third kappa shape index (κ3) is 4.44. The van der Waals surface area contributed by atoms with Gasteiger partial charge in [0.2, 0.25) is 5.91 Å². The number of nitrogens with zero attached hydrogens (tertiary/aromatic N) is 2. The normalized spacial score (nSPS) is 13.9. The number of rotatable bonds is 8. The van der Waals surface area contributed by atoms with Crippen LogP contribution in [0.5, 0.6) is 0 Å². The van der Waals surface area contributed by atoms with Gasteiger partial charge in [0, 0.05) is 24.0 Å². The SMILES string of the molecule is CCCN(CC1CC1)C(=O)Cc1csc(-c2ccc(CC)cc2)n1. The van der Waals surface area contributed by atoms with Gasteiger partial charge in [-0.3, -0.25) is 4.79 Å². The first-order valence-electron chi connectivity index (χ1n) is 9.01. The zero-order chi connectivity index (χ0) is 16.9. The van der Waals surface area contributed by atoms with Crippen LogP contribution in [0.1, 0.15) is 44.4 Å². The summed E-state index contributed by atoms with van der Waals surface area (Å²) in [5, 5.41) is 3.03. The van der Waals surface area contributed by atoms with Gasteiger partial charge in [0.15, 0.2) is 0 Å². The van der Waals surface area contributed by atoms with E-state index in [4.69, 9.17) is 0 Å². The molecular weight excluding hydrogens is 316 g/mol. The lowest BCUT2D eigenvalue weighted by molar-refractivity contribution is -0.130. The van der Waals surface area contributed by atoms with Gasteiger partial charge in [-0.05, 0) is 37.2 Å². The second-order valence-corrected chi connectivity index (χ2v) is 7.51. The van der Waals surface area contributed by atoms with E-state index in [0.717, 1.165) is 48.1 Å². The molecule has 128 valence electrons. The molecule has 0 atom stereocenters. The Morgan fingerprint density at radius 2 is 2.00 bits per heavy atom. The van der Waals surface area contributed by atoms with Gasteiger partial charge in [-0.2, -0.15) is 0 Å². The third-order valence-electron chi connectivity index (χ3n) is 4.51. The number of hydrogen-bond acceptors (Lipinski definition) is 3. The van der Waals surface area contributed by atoms with E-state index in [1.165, 1.54) is 18.4 Å². The first-order chi connectivity index (χ1) is 11.7. The van der Waals surface area contributed by atoms with Crippen molar-refractivity contribution in [3.63, 3.8) is 0 Å². The minimum Gasteiger partial charge on any atom is -0.342 e. The van der Waals surface area contributed by atoms with Gasteiger partial charge in [-0.25, -0.2) is 4.98 Å². The number of aromatic nitrogens is 1. The number of carbonyl (C=O) groups excluding carboxylic acids is 1. The monoisotopic (exact) mass is 342 g/mol. The molecule has 1 saturated carbocycles. The highest BCUT2D eigenvalue weighted by molar-refractivity contribution is 7.13. The van der Waals surface area contributed by atoms with Crippen molar-refractivity contribution in [3.8, 4) is 10.6 Å². The highest BCUT2D eigenvalue weighted by Crippen LogP contribution is 2.30. The first-order valence-corrected chi connectivity index (χ1v) is 9.89. The number of thiazole rings is 1. The summed E-state index contributed by atoms with van der Waals surface area (Å²) in [5.74, 6) is 0.963. The maximum atomic E-state index is 12.6. The molecular formula is C20H26N2OS. The minimum absolute atomic E-state index is 0.224.